The lowest BCUT2D eigenvalue weighted by molar-refractivity contribution is 0.539. The van der Waals surface area contributed by atoms with E-state index in [4.69, 9.17) is 0 Å². The Labute approximate surface area is 114 Å². The van der Waals surface area contributed by atoms with Crippen LogP contribution >= 0.6 is 0 Å². The summed E-state index contributed by atoms with van der Waals surface area (Å²) in [5.74, 6) is 0.0993. The molecule has 0 radical (unpaired) electrons. The molecule has 1 saturated heterocycles. The molecule has 1 aromatic heterocycles. The Morgan fingerprint density at radius 2 is 2.32 bits per heavy atom. The second-order valence-electron chi connectivity index (χ2n) is 4.87. The Bertz CT molecular complexity index is 470. The van der Waals surface area contributed by atoms with Gasteiger partial charge in [0.15, 0.2) is 0 Å². The van der Waals surface area contributed by atoms with Gasteiger partial charge in [-0.3, -0.25) is 4.98 Å². The zero-order valence-corrected chi connectivity index (χ0v) is 11.8. The molecule has 1 aliphatic heterocycles. The molecule has 2 heterocycles. The Kier molecular flexibility index (Phi) is 5.30. The number of hydrogen-bond acceptors (Lipinski definition) is 4. The summed E-state index contributed by atoms with van der Waals surface area (Å²) in [6.07, 6.45) is 5.34. The second kappa shape index (κ2) is 6.98. The predicted molar refractivity (Wildman–Crippen MR) is 75.4 cm³/mol. The smallest absolute Gasteiger partial charge is 0.211 e. The molecule has 2 rings (SSSR count). The topological polar surface area (TPSA) is 71.1 Å². The summed E-state index contributed by atoms with van der Waals surface area (Å²) in [7, 11) is -3.19. The Morgan fingerprint density at radius 3 is 3.00 bits per heavy atom. The maximum Gasteiger partial charge on any atom is 0.211 e. The van der Waals surface area contributed by atoms with Crippen LogP contribution in [0.1, 0.15) is 25.0 Å². The molecule has 5 nitrogen and oxygen atoms in total. The van der Waals surface area contributed by atoms with Gasteiger partial charge in [-0.15, -0.1) is 0 Å². The van der Waals surface area contributed by atoms with Gasteiger partial charge in [-0.1, -0.05) is 6.07 Å². The minimum atomic E-state index is -3.19. The van der Waals surface area contributed by atoms with E-state index in [9.17, 15) is 8.42 Å². The summed E-state index contributed by atoms with van der Waals surface area (Å²) in [5.41, 5.74) is 0.810. The van der Waals surface area contributed by atoms with E-state index in [2.05, 4.69) is 15.0 Å². The molecule has 106 valence electrons. The second-order valence-corrected chi connectivity index (χ2v) is 6.79. The van der Waals surface area contributed by atoms with Crippen molar-refractivity contribution in [1.82, 2.24) is 15.0 Å². The summed E-state index contributed by atoms with van der Waals surface area (Å²) in [4.78, 5) is 4.12. The number of sulfonamides is 1. The lowest BCUT2D eigenvalue weighted by Crippen LogP contribution is -2.32. The molecule has 0 bridgehead atoms. The maximum atomic E-state index is 11.8. The molecule has 6 heteroatoms. The highest BCUT2D eigenvalue weighted by Gasteiger charge is 2.15. The molecular formula is C13H21N3O2S. The van der Waals surface area contributed by atoms with Gasteiger partial charge in [-0.2, -0.15) is 0 Å². The van der Waals surface area contributed by atoms with Crippen molar-refractivity contribution in [1.29, 1.82) is 0 Å². The van der Waals surface area contributed by atoms with Gasteiger partial charge in [-0.25, -0.2) is 13.1 Å². The molecule has 0 unspecified atom stereocenters. The van der Waals surface area contributed by atoms with Crippen LogP contribution in [0.4, 0.5) is 0 Å². The SMILES string of the molecule is O=S(=O)(CCc1ccccn1)NCC[C@H]1CCCN1. The normalized spacial score (nSPS) is 19.7. The summed E-state index contributed by atoms with van der Waals surface area (Å²) in [6, 6.07) is 6.01. The van der Waals surface area contributed by atoms with Crippen LogP contribution in [0.5, 0.6) is 0 Å². The third kappa shape index (κ3) is 5.26. The van der Waals surface area contributed by atoms with E-state index in [-0.39, 0.29) is 5.75 Å². The van der Waals surface area contributed by atoms with Gasteiger partial charge < -0.3 is 5.32 Å². The van der Waals surface area contributed by atoms with Crippen LogP contribution in [0, 0.1) is 0 Å². The molecule has 0 amide bonds. The minimum Gasteiger partial charge on any atom is -0.314 e. The number of nitrogens with zero attached hydrogens (tertiary/aromatic N) is 1. The molecule has 0 spiro atoms. The van der Waals surface area contributed by atoms with E-state index in [1.54, 1.807) is 6.20 Å². The molecule has 1 fully saturated rings. The molecule has 1 aromatic rings. The van der Waals surface area contributed by atoms with E-state index >= 15 is 0 Å². The first-order valence-electron chi connectivity index (χ1n) is 6.76. The number of rotatable bonds is 7. The average molecular weight is 283 g/mol. The summed E-state index contributed by atoms with van der Waals surface area (Å²) < 4.78 is 26.3. The number of hydrogen-bond donors (Lipinski definition) is 2. The number of pyridine rings is 1. The van der Waals surface area contributed by atoms with Crippen molar-refractivity contribution in [3.05, 3.63) is 30.1 Å². The van der Waals surface area contributed by atoms with Gasteiger partial charge >= 0.3 is 0 Å². The monoisotopic (exact) mass is 283 g/mol. The molecular weight excluding hydrogens is 262 g/mol. The van der Waals surface area contributed by atoms with E-state index in [0.29, 0.717) is 19.0 Å². The number of nitrogens with one attached hydrogen (secondary N) is 2. The quantitative estimate of drug-likeness (QED) is 0.772. The van der Waals surface area contributed by atoms with Gasteiger partial charge in [-0.05, 0) is 37.9 Å². The van der Waals surface area contributed by atoms with Crippen molar-refractivity contribution < 1.29 is 8.42 Å². The fourth-order valence-corrected chi connectivity index (χ4v) is 3.30. The van der Waals surface area contributed by atoms with Crippen LogP contribution in [0.2, 0.25) is 0 Å². The van der Waals surface area contributed by atoms with Crippen molar-refractivity contribution >= 4 is 10.0 Å². The fourth-order valence-electron chi connectivity index (χ4n) is 2.25. The maximum absolute atomic E-state index is 11.8. The summed E-state index contributed by atoms with van der Waals surface area (Å²) >= 11 is 0. The lowest BCUT2D eigenvalue weighted by Gasteiger charge is -2.11. The predicted octanol–water partition coefficient (Wildman–Crippen LogP) is 0.686. The molecule has 1 atom stereocenters. The lowest BCUT2D eigenvalue weighted by atomic mass is 10.2. The molecule has 0 aliphatic carbocycles. The van der Waals surface area contributed by atoms with Crippen LogP contribution in [0.25, 0.3) is 0 Å². The minimum absolute atomic E-state index is 0.0993. The van der Waals surface area contributed by atoms with E-state index in [1.807, 2.05) is 18.2 Å². The zero-order chi connectivity index (χ0) is 13.6. The average Bonchev–Trinajstić information content (AvgIpc) is 2.91. The first-order valence-corrected chi connectivity index (χ1v) is 8.41. The summed E-state index contributed by atoms with van der Waals surface area (Å²) in [5, 5.41) is 3.36. The van der Waals surface area contributed by atoms with Crippen molar-refractivity contribution in [3.63, 3.8) is 0 Å². The van der Waals surface area contributed by atoms with E-state index in [0.717, 1.165) is 25.1 Å². The zero-order valence-electron chi connectivity index (χ0n) is 11.0. The van der Waals surface area contributed by atoms with Gasteiger partial charge in [0.2, 0.25) is 10.0 Å². The van der Waals surface area contributed by atoms with E-state index < -0.39 is 10.0 Å². The highest BCUT2D eigenvalue weighted by Crippen LogP contribution is 2.07. The van der Waals surface area contributed by atoms with Crippen LogP contribution < -0.4 is 10.0 Å². The van der Waals surface area contributed by atoms with Gasteiger partial charge in [0.25, 0.3) is 0 Å². The van der Waals surface area contributed by atoms with Crippen LogP contribution in [-0.2, 0) is 16.4 Å². The van der Waals surface area contributed by atoms with Gasteiger partial charge in [0.05, 0.1) is 5.75 Å². The summed E-state index contributed by atoms with van der Waals surface area (Å²) in [6.45, 7) is 1.57. The van der Waals surface area contributed by atoms with Gasteiger partial charge in [0, 0.05) is 30.9 Å². The Hall–Kier alpha value is -0.980. The Morgan fingerprint density at radius 1 is 1.42 bits per heavy atom. The van der Waals surface area contributed by atoms with Crippen LogP contribution in [0.3, 0.4) is 0 Å². The largest absolute Gasteiger partial charge is 0.314 e. The molecule has 0 aromatic carbocycles. The third-order valence-electron chi connectivity index (χ3n) is 3.33. The molecule has 19 heavy (non-hydrogen) atoms. The number of aromatic nitrogens is 1. The highest BCUT2D eigenvalue weighted by atomic mass is 32.2. The third-order valence-corrected chi connectivity index (χ3v) is 4.72. The van der Waals surface area contributed by atoms with E-state index in [1.165, 1.54) is 6.42 Å². The number of aryl methyl sites for hydroxylation is 1. The Balaban J connectivity index is 1.69. The van der Waals surface area contributed by atoms with Gasteiger partial charge in [0.1, 0.15) is 0 Å². The fraction of sp³-hybridized carbons (Fsp3) is 0.615. The first-order chi connectivity index (χ1) is 9.16. The van der Waals surface area contributed by atoms with Crippen LogP contribution in [-0.4, -0.2) is 38.3 Å². The first kappa shape index (κ1) is 14.4. The highest BCUT2D eigenvalue weighted by molar-refractivity contribution is 7.89. The molecule has 1 aliphatic rings. The standard InChI is InChI=1S/C13H21N3O2S/c17-19(18,11-7-13-4-1-2-8-14-13)16-10-6-12-5-3-9-15-12/h1-2,4,8,12,15-16H,3,5-7,9-11H2/t12-/m1/s1. The van der Waals surface area contributed by atoms with Crippen molar-refractivity contribution in [2.75, 3.05) is 18.8 Å². The molecule has 2 N–H and O–H groups in total. The van der Waals surface area contributed by atoms with Crippen molar-refractivity contribution in [2.45, 2.75) is 31.7 Å². The van der Waals surface area contributed by atoms with Crippen molar-refractivity contribution in [2.24, 2.45) is 0 Å². The van der Waals surface area contributed by atoms with Crippen molar-refractivity contribution in [3.8, 4) is 0 Å². The molecule has 0 saturated carbocycles. The van der Waals surface area contributed by atoms with Crippen LogP contribution in [0.15, 0.2) is 24.4 Å².